The van der Waals surface area contributed by atoms with Gasteiger partial charge in [0.2, 0.25) is 11.8 Å². The third kappa shape index (κ3) is 8.44. The molecule has 1 N–H and O–H groups in total. The first kappa shape index (κ1) is 34.9. The minimum Gasteiger partial charge on any atom is -0.494 e. The number of nitrogens with one attached hydrogen (secondary N) is 1. The molecule has 1 atom stereocenters. The van der Waals surface area contributed by atoms with E-state index in [1.54, 1.807) is 55.5 Å². The van der Waals surface area contributed by atoms with Crippen molar-refractivity contribution in [3.63, 3.8) is 0 Å². The van der Waals surface area contributed by atoms with Crippen LogP contribution in [0.1, 0.15) is 51.5 Å². The summed E-state index contributed by atoms with van der Waals surface area (Å²) in [5.41, 5.74) is 0.869. The first-order chi connectivity index (χ1) is 22.1. The summed E-state index contributed by atoms with van der Waals surface area (Å²) in [6.45, 7) is 3.35. The van der Waals surface area contributed by atoms with Gasteiger partial charge in [0.25, 0.3) is 10.0 Å². The van der Waals surface area contributed by atoms with Gasteiger partial charge in [-0.2, -0.15) is 0 Å². The van der Waals surface area contributed by atoms with E-state index in [2.05, 4.69) is 5.32 Å². The number of nitrogens with zero attached hydrogens (tertiary/aromatic N) is 2. The van der Waals surface area contributed by atoms with Crippen LogP contribution in [0, 0.1) is 0 Å². The van der Waals surface area contributed by atoms with Crippen LogP contribution in [0.4, 0.5) is 5.69 Å². The Hall–Kier alpha value is -3.96. The molecule has 2 amide bonds. The van der Waals surface area contributed by atoms with Crippen molar-refractivity contribution in [2.45, 2.75) is 69.5 Å². The molecule has 1 saturated carbocycles. The molecule has 12 heteroatoms. The third-order valence-electron chi connectivity index (χ3n) is 8.07. The molecule has 46 heavy (non-hydrogen) atoms. The molecule has 0 aromatic heterocycles. The molecule has 3 aromatic rings. The Morgan fingerprint density at radius 1 is 0.957 bits per heavy atom. The second kappa shape index (κ2) is 16.0. The van der Waals surface area contributed by atoms with Gasteiger partial charge in [0.1, 0.15) is 18.3 Å². The number of carbonyl (C=O) groups is 2. The fourth-order valence-electron chi connectivity index (χ4n) is 5.47. The number of anilines is 1. The Balaban J connectivity index is 1.72. The van der Waals surface area contributed by atoms with E-state index in [1.165, 1.54) is 37.3 Å². The van der Waals surface area contributed by atoms with Crippen molar-refractivity contribution in [3.8, 4) is 17.2 Å². The molecule has 0 bridgehead atoms. The summed E-state index contributed by atoms with van der Waals surface area (Å²) in [6, 6.07) is 16.9. The van der Waals surface area contributed by atoms with Gasteiger partial charge in [0.15, 0.2) is 11.5 Å². The molecule has 248 valence electrons. The standard InChI is InChI=1S/C34H42ClN3O7S/c1-5-45-28-17-15-27(16-18-28)38(46(41,42)29-19-20-31(43-3)32(21-29)44-4)23-33(39)37(22-25-11-9-10-14-30(25)35)24(2)34(40)36-26-12-7-6-8-13-26/h9-11,14-21,24,26H,5-8,12-13,22-23H2,1-4H3,(H,36,40)/t24-/m1/s1. The number of amides is 2. The molecule has 0 unspecified atom stereocenters. The maximum Gasteiger partial charge on any atom is 0.264 e. The monoisotopic (exact) mass is 671 g/mol. The smallest absolute Gasteiger partial charge is 0.264 e. The van der Waals surface area contributed by atoms with Crippen LogP contribution in [0.15, 0.2) is 71.6 Å². The Morgan fingerprint density at radius 3 is 2.26 bits per heavy atom. The lowest BCUT2D eigenvalue weighted by Gasteiger charge is -2.33. The van der Waals surface area contributed by atoms with Crippen molar-refractivity contribution in [3.05, 3.63) is 77.3 Å². The molecule has 4 rings (SSSR count). The second-order valence-electron chi connectivity index (χ2n) is 11.1. The van der Waals surface area contributed by atoms with Crippen LogP contribution in [0.25, 0.3) is 0 Å². The van der Waals surface area contributed by atoms with Crippen LogP contribution in [0.3, 0.4) is 0 Å². The van der Waals surface area contributed by atoms with Crippen LogP contribution in [-0.4, -0.2) is 64.6 Å². The van der Waals surface area contributed by atoms with Crippen LogP contribution < -0.4 is 23.8 Å². The average Bonchev–Trinajstić information content (AvgIpc) is 3.07. The van der Waals surface area contributed by atoms with Gasteiger partial charge in [-0.05, 0) is 74.7 Å². The molecule has 0 radical (unpaired) electrons. The molecule has 0 saturated heterocycles. The summed E-state index contributed by atoms with van der Waals surface area (Å²) in [5, 5.41) is 3.53. The molecule has 10 nitrogen and oxygen atoms in total. The number of sulfonamides is 1. The minimum atomic E-state index is -4.33. The number of methoxy groups -OCH3 is 2. The van der Waals surface area contributed by atoms with E-state index in [-0.39, 0.29) is 34.8 Å². The molecule has 0 heterocycles. The largest absolute Gasteiger partial charge is 0.494 e. The predicted molar refractivity (Wildman–Crippen MR) is 178 cm³/mol. The van der Waals surface area contributed by atoms with Gasteiger partial charge in [-0.1, -0.05) is 49.1 Å². The van der Waals surface area contributed by atoms with Gasteiger partial charge in [0.05, 0.1) is 31.4 Å². The van der Waals surface area contributed by atoms with E-state index in [9.17, 15) is 18.0 Å². The summed E-state index contributed by atoms with van der Waals surface area (Å²) in [6.07, 6.45) is 4.96. The SMILES string of the molecule is CCOc1ccc(N(CC(=O)N(Cc2ccccc2Cl)[C@H](C)C(=O)NC2CCCCC2)S(=O)(=O)c2ccc(OC)c(OC)c2)cc1. The van der Waals surface area contributed by atoms with Crippen LogP contribution in [0.5, 0.6) is 17.2 Å². The number of hydrogen-bond acceptors (Lipinski definition) is 7. The summed E-state index contributed by atoms with van der Waals surface area (Å²) in [5.74, 6) is 0.241. The van der Waals surface area contributed by atoms with E-state index in [0.29, 0.717) is 28.7 Å². The summed E-state index contributed by atoms with van der Waals surface area (Å²) >= 11 is 6.48. The zero-order valence-corrected chi connectivity index (χ0v) is 28.3. The quantitative estimate of drug-likeness (QED) is 0.230. The molecule has 1 aliphatic rings. The van der Waals surface area contributed by atoms with E-state index in [0.717, 1.165) is 36.4 Å². The van der Waals surface area contributed by atoms with Crippen molar-refractivity contribution in [2.75, 3.05) is 31.7 Å². The van der Waals surface area contributed by atoms with E-state index in [4.69, 9.17) is 25.8 Å². The van der Waals surface area contributed by atoms with Gasteiger partial charge in [-0.3, -0.25) is 13.9 Å². The van der Waals surface area contributed by atoms with Crippen LogP contribution in [0.2, 0.25) is 5.02 Å². The summed E-state index contributed by atoms with van der Waals surface area (Å²) < 4.78 is 45.8. The first-order valence-corrected chi connectivity index (χ1v) is 17.2. The number of carbonyl (C=O) groups excluding carboxylic acids is 2. The number of hydrogen-bond donors (Lipinski definition) is 1. The van der Waals surface area contributed by atoms with Gasteiger partial charge in [-0.25, -0.2) is 8.42 Å². The molecule has 3 aromatic carbocycles. The fraction of sp³-hybridized carbons (Fsp3) is 0.412. The lowest BCUT2D eigenvalue weighted by molar-refractivity contribution is -0.139. The van der Waals surface area contributed by atoms with E-state index < -0.39 is 28.5 Å². The van der Waals surface area contributed by atoms with Gasteiger partial charge in [-0.15, -0.1) is 0 Å². The maximum absolute atomic E-state index is 14.3. The summed E-state index contributed by atoms with van der Waals surface area (Å²) in [7, 11) is -1.47. The summed E-state index contributed by atoms with van der Waals surface area (Å²) in [4.78, 5) is 29.1. The van der Waals surface area contributed by atoms with E-state index in [1.807, 2.05) is 6.92 Å². The van der Waals surface area contributed by atoms with Crippen molar-refractivity contribution < 1.29 is 32.2 Å². The zero-order valence-electron chi connectivity index (χ0n) is 26.7. The normalized spacial score (nSPS) is 14.2. The molecular weight excluding hydrogens is 630 g/mol. The van der Waals surface area contributed by atoms with Crippen molar-refractivity contribution in [1.29, 1.82) is 0 Å². The highest BCUT2D eigenvalue weighted by molar-refractivity contribution is 7.92. The number of benzene rings is 3. The lowest BCUT2D eigenvalue weighted by atomic mass is 9.95. The predicted octanol–water partition coefficient (Wildman–Crippen LogP) is 5.82. The highest BCUT2D eigenvalue weighted by Crippen LogP contribution is 2.33. The Morgan fingerprint density at radius 2 is 1.63 bits per heavy atom. The molecule has 0 spiro atoms. The van der Waals surface area contributed by atoms with Gasteiger partial charge < -0.3 is 24.4 Å². The third-order valence-corrected chi connectivity index (χ3v) is 10.2. The minimum absolute atomic E-state index is 0.00524. The van der Waals surface area contributed by atoms with Gasteiger partial charge in [0, 0.05) is 23.7 Å². The fourth-order valence-corrected chi connectivity index (χ4v) is 7.10. The number of rotatable bonds is 14. The Bertz CT molecular complexity index is 1590. The Labute approximate surface area is 276 Å². The van der Waals surface area contributed by atoms with Crippen molar-refractivity contribution in [2.24, 2.45) is 0 Å². The highest BCUT2D eigenvalue weighted by Gasteiger charge is 2.34. The molecule has 0 aliphatic heterocycles. The first-order valence-electron chi connectivity index (χ1n) is 15.4. The molecule has 1 fully saturated rings. The van der Waals surface area contributed by atoms with Crippen molar-refractivity contribution in [1.82, 2.24) is 10.2 Å². The average molecular weight is 672 g/mol. The molecular formula is C34H42ClN3O7S. The maximum atomic E-state index is 14.3. The lowest BCUT2D eigenvalue weighted by Crippen LogP contribution is -2.53. The number of ether oxygens (including phenoxy) is 3. The van der Waals surface area contributed by atoms with Crippen LogP contribution in [-0.2, 0) is 26.2 Å². The van der Waals surface area contributed by atoms with Crippen molar-refractivity contribution >= 4 is 39.1 Å². The van der Waals surface area contributed by atoms with E-state index >= 15 is 0 Å². The highest BCUT2D eigenvalue weighted by atomic mass is 35.5. The number of halogens is 1. The van der Waals surface area contributed by atoms with Crippen LogP contribution >= 0.6 is 11.6 Å². The second-order valence-corrected chi connectivity index (χ2v) is 13.4. The van der Waals surface area contributed by atoms with Gasteiger partial charge >= 0.3 is 0 Å². The molecule has 1 aliphatic carbocycles. The zero-order chi connectivity index (χ0) is 33.3. The topological polar surface area (TPSA) is 114 Å². The Kier molecular flexibility index (Phi) is 12.2.